The number of esters is 1. The van der Waals surface area contributed by atoms with Gasteiger partial charge in [0.1, 0.15) is 17.3 Å². The van der Waals surface area contributed by atoms with Crippen molar-refractivity contribution in [1.29, 1.82) is 0 Å². The molecule has 0 radical (unpaired) electrons. The number of amides is 1. The van der Waals surface area contributed by atoms with Crippen molar-refractivity contribution in [2.45, 2.75) is 12.5 Å². The molecule has 1 atom stereocenters. The zero-order valence-corrected chi connectivity index (χ0v) is 14.9. The summed E-state index contributed by atoms with van der Waals surface area (Å²) in [5.74, 6) is -0.591. The predicted molar refractivity (Wildman–Crippen MR) is 98.1 cm³/mol. The van der Waals surface area contributed by atoms with Crippen LogP contribution in [0.15, 0.2) is 48.5 Å². The number of hydrogen-bond donors (Lipinski definition) is 2. The number of benzene rings is 2. The second-order valence-corrected chi connectivity index (χ2v) is 5.99. The molecule has 0 spiro atoms. The SMILES string of the molecule is COC(=O)CC(NC(=O)c1cc2ccc(OC)cc2[nH]1)c1ccc(F)cc1. The Hall–Kier alpha value is -3.35. The van der Waals surface area contributed by atoms with Crippen molar-refractivity contribution in [2.24, 2.45) is 0 Å². The first kappa shape index (κ1) is 18.4. The molecule has 0 saturated heterocycles. The van der Waals surface area contributed by atoms with Gasteiger partial charge in [-0.15, -0.1) is 0 Å². The van der Waals surface area contributed by atoms with Crippen molar-refractivity contribution in [3.05, 3.63) is 65.6 Å². The van der Waals surface area contributed by atoms with Crippen molar-refractivity contribution >= 4 is 22.8 Å². The maximum Gasteiger partial charge on any atom is 0.307 e. The van der Waals surface area contributed by atoms with Gasteiger partial charge >= 0.3 is 5.97 Å². The average molecular weight is 370 g/mol. The second kappa shape index (κ2) is 7.90. The third-order valence-corrected chi connectivity index (χ3v) is 4.25. The Kier molecular flexibility index (Phi) is 5.40. The summed E-state index contributed by atoms with van der Waals surface area (Å²) in [6.45, 7) is 0. The Morgan fingerprint density at radius 3 is 2.52 bits per heavy atom. The molecule has 2 N–H and O–H groups in total. The van der Waals surface area contributed by atoms with E-state index in [1.807, 2.05) is 6.07 Å². The first-order chi connectivity index (χ1) is 13.0. The Labute approximate surface area is 155 Å². The van der Waals surface area contributed by atoms with Crippen molar-refractivity contribution in [1.82, 2.24) is 10.3 Å². The summed E-state index contributed by atoms with van der Waals surface area (Å²) in [5, 5.41) is 3.65. The quantitative estimate of drug-likeness (QED) is 0.652. The Morgan fingerprint density at radius 2 is 1.85 bits per heavy atom. The molecular weight excluding hydrogens is 351 g/mol. The first-order valence-corrected chi connectivity index (χ1v) is 8.30. The van der Waals surface area contributed by atoms with Gasteiger partial charge in [-0.3, -0.25) is 9.59 Å². The van der Waals surface area contributed by atoms with E-state index in [1.165, 1.54) is 31.4 Å². The van der Waals surface area contributed by atoms with Gasteiger partial charge in [0, 0.05) is 17.0 Å². The highest BCUT2D eigenvalue weighted by Gasteiger charge is 2.21. The van der Waals surface area contributed by atoms with Crippen LogP contribution in [0.2, 0.25) is 0 Å². The number of nitrogens with one attached hydrogen (secondary N) is 2. The van der Waals surface area contributed by atoms with E-state index >= 15 is 0 Å². The van der Waals surface area contributed by atoms with Crippen LogP contribution in [0.25, 0.3) is 10.9 Å². The summed E-state index contributed by atoms with van der Waals surface area (Å²) in [6.07, 6.45) is -0.0675. The van der Waals surface area contributed by atoms with Gasteiger partial charge in [-0.05, 0) is 35.9 Å². The van der Waals surface area contributed by atoms with Crippen LogP contribution >= 0.6 is 0 Å². The molecule has 7 heteroatoms. The number of ether oxygens (including phenoxy) is 2. The zero-order chi connectivity index (χ0) is 19.4. The molecule has 0 saturated carbocycles. The molecule has 27 heavy (non-hydrogen) atoms. The van der Waals surface area contributed by atoms with Gasteiger partial charge in [0.05, 0.1) is 26.7 Å². The van der Waals surface area contributed by atoms with Gasteiger partial charge in [0.15, 0.2) is 0 Å². The highest BCUT2D eigenvalue weighted by Crippen LogP contribution is 2.23. The number of fused-ring (bicyclic) bond motifs is 1. The molecule has 0 aliphatic carbocycles. The lowest BCUT2D eigenvalue weighted by molar-refractivity contribution is -0.141. The summed E-state index contributed by atoms with van der Waals surface area (Å²) < 4.78 is 23.1. The first-order valence-electron chi connectivity index (χ1n) is 8.30. The molecule has 2 aromatic carbocycles. The molecular formula is C20H19FN2O4. The van der Waals surface area contributed by atoms with Gasteiger partial charge in [-0.25, -0.2) is 4.39 Å². The average Bonchev–Trinajstić information content (AvgIpc) is 3.11. The molecule has 1 unspecified atom stereocenters. The molecule has 0 aliphatic heterocycles. The largest absolute Gasteiger partial charge is 0.497 e. The molecule has 1 aromatic heterocycles. The molecule has 3 rings (SSSR count). The number of carbonyl (C=O) groups is 2. The summed E-state index contributed by atoms with van der Waals surface area (Å²) in [6, 6.07) is 12.1. The maximum absolute atomic E-state index is 13.2. The number of aromatic nitrogens is 1. The van der Waals surface area contributed by atoms with Gasteiger partial charge in [0.25, 0.3) is 5.91 Å². The van der Waals surface area contributed by atoms with Crippen LogP contribution in [-0.2, 0) is 9.53 Å². The van der Waals surface area contributed by atoms with Crippen LogP contribution in [0, 0.1) is 5.82 Å². The summed E-state index contributed by atoms with van der Waals surface area (Å²) in [7, 11) is 2.84. The highest BCUT2D eigenvalue weighted by molar-refractivity contribution is 5.98. The topological polar surface area (TPSA) is 80.4 Å². The lowest BCUT2D eigenvalue weighted by Crippen LogP contribution is -2.30. The standard InChI is InChI=1S/C20H19FN2O4/c1-26-15-8-5-13-9-18(22-16(13)10-15)20(25)23-17(11-19(24)27-2)12-3-6-14(21)7-4-12/h3-10,17,22H,11H2,1-2H3,(H,23,25). The number of carbonyl (C=O) groups excluding carboxylic acids is 2. The Morgan fingerprint density at radius 1 is 1.11 bits per heavy atom. The number of H-pyrrole nitrogens is 1. The Bertz CT molecular complexity index is 966. The van der Waals surface area contributed by atoms with E-state index in [9.17, 15) is 14.0 Å². The van der Waals surface area contributed by atoms with E-state index in [1.54, 1.807) is 25.3 Å². The summed E-state index contributed by atoms with van der Waals surface area (Å²) >= 11 is 0. The molecule has 140 valence electrons. The van der Waals surface area contributed by atoms with Crippen LogP contribution in [-0.4, -0.2) is 31.1 Å². The smallest absolute Gasteiger partial charge is 0.307 e. The van der Waals surface area contributed by atoms with Crippen LogP contribution in [0.3, 0.4) is 0 Å². The third kappa shape index (κ3) is 4.25. The third-order valence-electron chi connectivity index (χ3n) is 4.25. The minimum absolute atomic E-state index is 0.0675. The lowest BCUT2D eigenvalue weighted by Gasteiger charge is -2.18. The molecule has 0 aliphatic rings. The fourth-order valence-corrected chi connectivity index (χ4v) is 2.79. The molecule has 1 amide bonds. The predicted octanol–water partition coefficient (Wildman–Crippen LogP) is 3.35. The van der Waals surface area contributed by atoms with E-state index < -0.39 is 17.8 Å². The monoisotopic (exact) mass is 370 g/mol. The van der Waals surface area contributed by atoms with E-state index in [0.717, 1.165) is 10.9 Å². The van der Waals surface area contributed by atoms with Crippen molar-refractivity contribution in [3.63, 3.8) is 0 Å². The fraction of sp³-hybridized carbons (Fsp3) is 0.200. The van der Waals surface area contributed by atoms with Crippen LogP contribution in [0.1, 0.15) is 28.5 Å². The van der Waals surface area contributed by atoms with Gasteiger partial charge in [-0.1, -0.05) is 12.1 Å². The fourth-order valence-electron chi connectivity index (χ4n) is 2.79. The van der Waals surface area contributed by atoms with Crippen LogP contribution < -0.4 is 10.1 Å². The van der Waals surface area contributed by atoms with Crippen LogP contribution in [0.4, 0.5) is 4.39 Å². The van der Waals surface area contributed by atoms with Gasteiger partial charge < -0.3 is 19.8 Å². The lowest BCUT2D eigenvalue weighted by atomic mass is 10.0. The highest BCUT2D eigenvalue weighted by atomic mass is 19.1. The normalized spacial score (nSPS) is 11.8. The number of aromatic amines is 1. The van der Waals surface area contributed by atoms with Crippen molar-refractivity contribution < 1.29 is 23.5 Å². The van der Waals surface area contributed by atoms with Crippen LogP contribution in [0.5, 0.6) is 5.75 Å². The van der Waals surface area contributed by atoms with Gasteiger partial charge in [-0.2, -0.15) is 0 Å². The maximum atomic E-state index is 13.2. The number of halogens is 1. The summed E-state index contributed by atoms with van der Waals surface area (Å²) in [4.78, 5) is 27.4. The second-order valence-electron chi connectivity index (χ2n) is 5.99. The number of rotatable bonds is 6. The van der Waals surface area contributed by atoms with E-state index in [-0.39, 0.29) is 12.3 Å². The van der Waals surface area contributed by atoms with E-state index in [0.29, 0.717) is 17.0 Å². The molecule has 0 bridgehead atoms. The molecule has 6 nitrogen and oxygen atoms in total. The minimum atomic E-state index is -0.647. The summed E-state index contributed by atoms with van der Waals surface area (Å²) in [5.41, 5.74) is 1.70. The molecule has 3 aromatic rings. The van der Waals surface area contributed by atoms with Gasteiger partial charge in [0.2, 0.25) is 0 Å². The molecule has 0 fully saturated rings. The number of methoxy groups -OCH3 is 2. The zero-order valence-electron chi connectivity index (χ0n) is 14.9. The Balaban J connectivity index is 1.84. The van der Waals surface area contributed by atoms with Crippen molar-refractivity contribution in [2.75, 3.05) is 14.2 Å². The minimum Gasteiger partial charge on any atom is -0.497 e. The van der Waals surface area contributed by atoms with E-state index in [4.69, 9.17) is 9.47 Å². The molecule has 1 heterocycles. The number of hydrogen-bond acceptors (Lipinski definition) is 4. The van der Waals surface area contributed by atoms with E-state index in [2.05, 4.69) is 10.3 Å². The van der Waals surface area contributed by atoms with Crippen molar-refractivity contribution in [3.8, 4) is 5.75 Å².